The van der Waals surface area contributed by atoms with Crippen LogP contribution in [0.3, 0.4) is 0 Å². The van der Waals surface area contributed by atoms with Gasteiger partial charge in [-0.3, -0.25) is 13.9 Å². The number of ether oxygens (including phenoxy) is 1. The Hall–Kier alpha value is -3.56. The van der Waals surface area contributed by atoms with Crippen LogP contribution in [-0.4, -0.2) is 56.1 Å². The summed E-state index contributed by atoms with van der Waals surface area (Å²) < 4.78 is 32.1. The Kier molecular flexibility index (Phi) is 12.0. The second-order valence-electron chi connectivity index (χ2n) is 11.5. The van der Waals surface area contributed by atoms with Crippen molar-refractivity contribution in [2.75, 3.05) is 23.7 Å². The van der Waals surface area contributed by atoms with E-state index in [0.717, 1.165) is 17.4 Å². The predicted octanol–water partition coefficient (Wildman–Crippen LogP) is 5.84. The second kappa shape index (κ2) is 15.3. The van der Waals surface area contributed by atoms with Gasteiger partial charge in [0, 0.05) is 36.5 Å². The molecule has 1 atom stereocenters. The van der Waals surface area contributed by atoms with E-state index in [9.17, 15) is 18.0 Å². The van der Waals surface area contributed by atoms with Crippen LogP contribution in [0.4, 0.5) is 5.69 Å². The third-order valence-electron chi connectivity index (χ3n) is 6.62. The van der Waals surface area contributed by atoms with E-state index in [1.807, 2.05) is 70.2 Å². The van der Waals surface area contributed by atoms with Crippen LogP contribution in [-0.2, 0) is 32.6 Å². The van der Waals surface area contributed by atoms with Gasteiger partial charge in [0.25, 0.3) is 0 Å². The van der Waals surface area contributed by atoms with E-state index in [-0.39, 0.29) is 37.7 Å². The van der Waals surface area contributed by atoms with Crippen molar-refractivity contribution in [3.8, 4) is 5.75 Å². The maximum Gasteiger partial charge on any atom is 0.243 e. The normalized spacial score (nSPS) is 12.3. The van der Waals surface area contributed by atoms with E-state index >= 15 is 0 Å². The van der Waals surface area contributed by atoms with E-state index in [1.54, 1.807) is 41.3 Å². The van der Waals surface area contributed by atoms with Crippen LogP contribution in [0.25, 0.3) is 0 Å². The average molecular weight is 628 g/mol. The van der Waals surface area contributed by atoms with Gasteiger partial charge >= 0.3 is 0 Å². The first-order valence-electron chi connectivity index (χ1n) is 14.4. The lowest BCUT2D eigenvalue weighted by molar-refractivity contribution is -0.142. The van der Waals surface area contributed by atoms with Crippen molar-refractivity contribution < 1.29 is 22.7 Å². The Morgan fingerprint density at radius 2 is 1.56 bits per heavy atom. The van der Waals surface area contributed by atoms with Gasteiger partial charge in [0.2, 0.25) is 21.8 Å². The van der Waals surface area contributed by atoms with Crippen molar-refractivity contribution in [2.45, 2.75) is 65.1 Å². The molecule has 8 nitrogen and oxygen atoms in total. The molecule has 0 bridgehead atoms. The predicted molar refractivity (Wildman–Crippen MR) is 173 cm³/mol. The van der Waals surface area contributed by atoms with Crippen molar-refractivity contribution in [1.29, 1.82) is 0 Å². The van der Waals surface area contributed by atoms with Crippen LogP contribution in [0.2, 0.25) is 5.02 Å². The Labute approximate surface area is 261 Å². The molecular weight excluding hydrogens is 586 g/mol. The fraction of sp³-hybridized carbons (Fsp3) is 0.394. The van der Waals surface area contributed by atoms with Gasteiger partial charge in [-0.1, -0.05) is 54.1 Å². The number of hydrogen-bond acceptors (Lipinski definition) is 5. The summed E-state index contributed by atoms with van der Waals surface area (Å²) in [5, 5.41) is 3.62. The van der Waals surface area contributed by atoms with Gasteiger partial charge in [0.15, 0.2) is 0 Å². The average Bonchev–Trinajstić information content (AvgIpc) is 2.93. The molecule has 0 aliphatic carbocycles. The number of nitrogens with zero attached hydrogens (tertiary/aromatic N) is 2. The van der Waals surface area contributed by atoms with Crippen molar-refractivity contribution in [2.24, 2.45) is 0 Å². The Bertz CT molecular complexity index is 1440. The summed E-state index contributed by atoms with van der Waals surface area (Å²) in [5.74, 6) is 0.136. The zero-order chi connectivity index (χ0) is 31.6. The standard InChI is InChI=1S/C33H42ClN3O5S/c1-6-42-29-20-18-28(19-21-29)37(43(5,40)41)22-10-13-31(38)36(24-26-14-16-27(34)17-15-26)30(32(39)35-33(2,3)4)23-25-11-8-7-9-12-25/h7-9,11-12,14-21,30H,6,10,13,22-24H2,1-5H3,(H,35,39)/t30-/m1/s1. The number of benzene rings is 3. The van der Waals surface area contributed by atoms with E-state index < -0.39 is 21.6 Å². The first-order chi connectivity index (χ1) is 20.3. The van der Waals surface area contributed by atoms with E-state index in [2.05, 4.69) is 5.32 Å². The zero-order valence-corrected chi connectivity index (χ0v) is 27.1. The smallest absolute Gasteiger partial charge is 0.243 e. The topological polar surface area (TPSA) is 96.0 Å². The fourth-order valence-electron chi connectivity index (χ4n) is 4.67. The Morgan fingerprint density at radius 1 is 0.930 bits per heavy atom. The summed E-state index contributed by atoms with van der Waals surface area (Å²) in [6.45, 7) is 8.37. The molecule has 0 saturated carbocycles. The number of sulfonamides is 1. The fourth-order valence-corrected chi connectivity index (χ4v) is 5.76. The molecule has 2 amide bonds. The lowest BCUT2D eigenvalue weighted by atomic mass is 10.00. The molecule has 0 unspecified atom stereocenters. The molecule has 43 heavy (non-hydrogen) atoms. The second-order valence-corrected chi connectivity index (χ2v) is 13.8. The van der Waals surface area contributed by atoms with Crippen LogP contribution < -0.4 is 14.4 Å². The van der Waals surface area contributed by atoms with Gasteiger partial charge in [0.1, 0.15) is 11.8 Å². The summed E-state index contributed by atoms with van der Waals surface area (Å²) in [5.41, 5.74) is 1.73. The highest BCUT2D eigenvalue weighted by Gasteiger charge is 2.32. The molecule has 0 saturated heterocycles. The lowest BCUT2D eigenvalue weighted by Crippen LogP contribution is -2.54. The highest BCUT2D eigenvalue weighted by molar-refractivity contribution is 7.92. The van der Waals surface area contributed by atoms with E-state index in [1.165, 1.54) is 4.31 Å². The quantitative estimate of drug-likeness (QED) is 0.242. The minimum atomic E-state index is -3.61. The molecule has 0 aromatic heterocycles. The maximum atomic E-state index is 13.9. The summed E-state index contributed by atoms with van der Waals surface area (Å²) in [4.78, 5) is 29.2. The van der Waals surface area contributed by atoms with Gasteiger partial charge in [-0.25, -0.2) is 8.42 Å². The Balaban J connectivity index is 1.87. The number of carbonyl (C=O) groups is 2. The third kappa shape index (κ3) is 10.9. The highest BCUT2D eigenvalue weighted by Crippen LogP contribution is 2.23. The molecular formula is C33H42ClN3O5S. The number of anilines is 1. The minimum absolute atomic E-state index is 0.0464. The van der Waals surface area contributed by atoms with E-state index in [0.29, 0.717) is 29.5 Å². The molecule has 3 aromatic rings. The van der Waals surface area contributed by atoms with Crippen LogP contribution in [0.15, 0.2) is 78.9 Å². The molecule has 0 radical (unpaired) electrons. The summed E-state index contributed by atoms with van der Waals surface area (Å²) >= 11 is 6.11. The molecule has 10 heteroatoms. The summed E-state index contributed by atoms with van der Waals surface area (Å²) in [6, 6.07) is 22.8. The first kappa shape index (κ1) is 33.9. The zero-order valence-electron chi connectivity index (χ0n) is 25.5. The third-order valence-corrected chi connectivity index (χ3v) is 8.07. The van der Waals surface area contributed by atoms with Crippen LogP contribution in [0.1, 0.15) is 51.7 Å². The monoisotopic (exact) mass is 627 g/mol. The molecule has 0 fully saturated rings. The first-order valence-corrected chi connectivity index (χ1v) is 16.6. The van der Waals surface area contributed by atoms with Crippen LogP contribution >= 0.6 is 11.6 Å². The summed E-state index contributed by atoms with van der Waals surface area (Å²) in [6.07, 6.45) is 1.77. The summed E-state index contributed by atoms with van der Waals surface area (Å²) in [7, 11) is -3.61. The van der Waals surface area contributed by atoms with Crippen LogP contribution in [0.5, 0.6) is 5.75 Å². The van der Waals surface area contributed by atoms with Crippen molar-refractivity contribution in [3.63, 3.8) is 0 Å². The molecule has 0 aliphatic heterocycles. The molecule has 3 aromatic carbocycles. The van der Waals surface area contributed by atoms with Crippen molar-refractivity contribution >= 4 is 39.1 Å². The van der Waals surface area contributed by atoms with Gasteiger partial charge in [-0.2, -0.15) is 0 Å². The molecule has 0 aliphatic rings. The number of rotatable bonds is 14. The van der Waals surface area contributed by atoms with Crippen molar-refractivity contribution in [1.82, 2.24) is 10.2 Å². The van der Waals surface area contributed by atoms with Gasteiger partial charge < -0.3 is 15.0 Å². The number of nitrogens with one attached hydrogen (secondary N) is 1. The minimum Gasteiger partial charge on any atom is -0.494 e. The largest absolute Gasteiger partial charge is 0.494 e. The number of amides is 2. The number of halogens is 1. The molecule has 0 heterocycles. The number of hydrogen-bond donors (Lipinski definition) is 1. The molecule has 232 valence electrons. The molecule has 0 spiro atoms. The van der Waals surface area contributed by atoms with Gasteiger partial charge in [0.05, 0.1) is 18.6 Å². The SMILES string of the molecule is CCOc1ccc(N(CCCC(=O)N(Cc2ccc(Cl)cc2)[C@H](Cc2ccccc2)C(=O)NC(C)(C)C)S(C)(=O)=O)cc1. The molecule has 3 rings (SSSR count). The van der Waals surface area contributed by atoms with Crippen molar-refractivity contribution in [3.05, 3.63) is 95.0 Å². The lowest BCUT2D eigenvalue weighted by Gasteiger charge is -2.34. The van der Waals surface area contributed by atoms with Gasteiger partial charge in [-0.05, 0) is 81.6 Å². The Morgan fingerprint density at radius 3 is 2.12 bits per heavy atom. The highest BCUT2D eigenvalue weighted by atomic mass is 35.5. The molecule has 1 N–H and O–H groups in total. The van der Waals surface area contributed by atoms with E-state index in [4.69, 9.17) is 16.3 Å². The van der Waals surface area contributed by atoms with Gasteiger partial charge in [-0.15, -0.1) is 0 Å². The maximum absolute atomic E-state index is 13.9. The number of carbonyl (C=O) groups excluding carboxylic acids is 2. The van der Waals surface area contributed by atoms with Crippen LogP contribution in [0, 0.1) is 0 Å².